The number of fused-ring (bicyclic) bond motifs is 3. The molecule has 94 valence electrons. The van der Waals surface area contributed by atoms with E-state index in [-0.39, 0.29) is 18.3 Å². The fourth-order valence-electron chi connectivity index (χ4n) is 2.73. The molecule has 5 heteroatoms. The Labute approximate surface area is 111 Å². The van der Waals surface area contributed by atoms with Crippen LogP contribution in [0.25, 0.3) is 0 Å². The van der Waals surface area contributed by atoms with Crippen LogP contribution in [0.5, 0.6) is 0 Å². The van der Waals surface area contributed by atoms with Gasteiger partial charge < -0.3 is 10.1 Å². The Kier molecular flexibility index (Phi) is 3.64. The highest BCUT2D eigenvalue weighted by Crippen LogP contribution is 2.43. The lowest BCUT2D eigenvalue weighted by molar-refractivity contribution is -0.0789. The summed E-state index contributed by atoms with van der Waals surface area (Å²) < 4.78 is 18.9. The average molecular weight is 278 g/mol. The van der Waals surface area contributed by atoms with E-state index in [1.807, 2.05) is 18.2 Å². The molecule has 2 aliphatic heterocycles. The summed E-state index contributed by atoms with van der Waals surface area (Å²) in [5.74, 6) is 0.0833. The van der Waals surface area contributed by atoms with Crippen molar-refractivity contribution in [1.29, 1.82) is 0 Å². The van der Waals surface area contributed by atoms with Crippen molar-refractivity contribution in [3.63, 3.8) is 0 Å². The van der Waals surface area contributed by atoms with Gasteiger partial charge in [0.15, 0.2) is 0 Å². The summed E-state index contributed by atoms with van der Waals surface area (Å²) in [5, 5.41) is 3.93. The Morgan fingerprint density at radius 2 is 2.35 bits per heavy atom. The lowest BCUT2D eigenvalue weighted by Crippen LogP contribution is -2.45. The van der Waals surface area contributed by atoms with Crippen molar-refractivity contribution < 1.29 is 9.13 Å². The van der Waals surface area contributed by atoms with Gasteiger partial charge in [-0.15, -0.1) is 12.4 Å². The van der Waals surface area contributed by atoms with E-state index in [9.17, 15) is 4.39 Å². The number of nitrogens with one attached hydrogen (secondary N) is 1. The highest BCUT2D eigenvalue weighted by atomic mass is 35.5. The van der Waals surface area contributed by atoms with Gasteiger partial charge in [-0.2, -0.15) is 0 Å². The fraction of sp³-hybridized carbons (Fsp3) is 0.500. The third-order valence-corrected chi connectivity index (χ3v) is 4.02. The van der Waals surface area contributed by atoms with Crippen LogP contribution in [0.4, 0.5) is 4.39 Å². The molecule has 0 radical (unpaired) electrons. The second kappa shape index (κ2) is 4.73. The summed E-state index contributed by atoms with van der Waals surface area (Å²) in [6.45, 7) is 1.31. The van der Waals surface area contributed by atoms with Gasteiger partial charge in [0.2, 0.25) is 0 Å². The monoisotopic (exact) mass is 277 g/mol. The molecule has 1 saturated heterocycles. The lowest BCUT2D eigenvalue weighted by atomic mass is 9.81. The van der Waals surface area contributed by atoms with Gasteiger partial charge in [-0.25, -0.2) is 4.39 Å². The van der Waals surface area contributed by atoms with Crippen molar-refractivity contribution in [3.05, 3.63) is 34.3 Å². The van der Waals surface area contributed by atoms with E-state index in [1.54, 1.807) is 0 Å². The molecule has 0 saturated carbocycles. The zero-order valence-corrected chi connectivity index (χ0v) is 10.8. The highest BCUT2D eigenvalue weighted by Gasteiger charge is 2.48. The quantitative estimate of drug-likeness (QED) is 0.852. The Hall–Kier alpha value is -0.350. The standard InChI is InChI=1S/C12H13ClFNO.ClH/c13-11-3-1-2-8-9(11)5-16-12(6-14)7-15-4-10(8)12;/h1-3,10,15H,4-7H2;1H/t10-,12-;/m0./s1. The number of hydrogen-bond acceptors (Lipinski definition) is 2. The number of benzene rings is 1. The minimum atomic E-state index is -0.669. The summed E-state index contributed by atoms with van der Waals surface area (Å²) in [4.78, 5) is 0. The molecule has 3 rings (SSSR count). The second-order valence-corrected chi connectivity index (χ2v) is 4.89. The summed E-state index contributed by atoms with van der Waals surface area (Å²) in [5.41, 5.74) is 1.49. The minimum absolute atomic E-state index is 0. The molecule has 1 fully saturated rings. The van der Waals surface area contributed by atoms with Gasteiger partial charge in [-0.1, -0.05) is 23.7 Å². The maximum Gasteiger partial charge on any atom is 0.120 e. The molecule has 1 aromatic rings. The number of rotatable bonds is 1. The first kappa shape index (κ1) is 13.1. The Morgan fingerprint density at radius 1 is 1.53 bits per heavy atom. The van der Waals surface area contributed by atoms with Crippen LogP contribution in [0, 0.1) is 0 Å². The zero-order chi connectivity index (χ0) is 11.2. The van der Waals surface area contributed by atoms with Crippen LogP contribution in [0.2, 0.25) is 5.02 Å². The van der Waals surface area contributed by atoms with Crippen LogP contribution in [0.3, 0.4) is 0 Å². The molecule has 17 heavy (non-hydrogen) atoms. The second-order valence-electron chi connectivity index (χ2n) is 4.48. The molecule has 0 aliphatic carbocycles. The van der Waals surface area contributed by atoms with Gasteiger partial charge >= 0.3 is 0 Å². The van der Waals surface area contributed by atoms with Crippen LogP contribution in [-0.2, 0) is 11.3 Å². The van der Waals surface area contributed by atoms with Gasteiger partial charge in [0.25, 0.3) is 0 Å². The van der Waals surface area contributed by atoms with E-state index in [1.165, 1.54) is 0 Å². The topological polar surface area (TPSA) is 21.3 Å². The molecule has 2 atom stereocenters. The smallest absolute Gasteiger partial charge is 0.120 e. The van der Waals surface area contributed by atoms with E-state index in [0.29, 0.717) is 13.2 Å². The van der Waals surface area contributed by atoms with Crippen molar-refractivity contribution in [3.8, 4) is 0 Å². The summed E-state index contributed by atoms with van der Waals surface area (Å²) >= 11 is 6.13. The normalized spacial score (nSPS) is 30.4. The summed E-state index contributed by atoms with van der Waals surface area (Å²) in [6, 6.07) is 5.81. The molecule has 0 aromatic heterocycles. The molecule has 0 spiro atoms. The number of halogens is 3. The SMILES string of the molecule is Cl.FC[C@]12CNC[C@H]1c1cccc(Cl)c1CO2. The van der Waals surface area contributed by atoms with E-state index < -0.39 is 12.3 Å². The molecule has 2 aliphatic rings. The van der Waals surface area contributed by atoms with Crippen molar-refractivity contribution in [2.24, 2.45) is 0 Å². The van der Waals surface area contributed by atoms with Crippen molar-refractivity contribution in [2.45, 2.75) is 18.1 Å². The Morgan fingerprint density at radius 3 is 3.12 bits per heavy atom. The number of alkyl halides is 1. The van der Waals surface area contributed by atoms with Crippen LogP contribution in [-0.4, -0.2) is 25.4 Å². The molecular weight excluding hydrogens is 264 g/mol. The van der Waals surface area contributed by atoms with E-state index in [2.05, 4.69) is 5.32 Å². The van der Waals surface area contributed by atoms with Gasteiger partial charge in [-0.3, -0.25) is 0 Å². The van der Waals surface area contributed by atoms with Gasteiger partial charge in [0.1, 0.15) is 12.3 Å². The van der Waals surface area contributed by atoms with Crippen LogP contribution in [0.15, 0.2) is 18.2 Å². The van der Waals surface area contributed by atoms with E-state index >= 15 is 0 Å². The zero-order valence-electron chi connectivity index (χ0n) is 9.21. The maximum atomic E-state index is 13.2. The summed E-state index contributed by atoms with van der Waals surface area (Å²) in [7, 11) is 0. The van der Waals surface area contributed by atoms with Crippen molar-refractivity contribution in [2.75, 3.05) is 19.8 Å². The summed E-state index contributed by atoms with van der Waals surface area (Å²) in [6.07, 6.45) is 0. The number of ether oxygens (including phenoxy) is 1. The molecule has 2 nitrogen and oxygen atoms in total. The van der Waals surface area contributed by atoms with E-state index in [4.69, 9.17) is 16.3 Å². The molecule has 0 amide bonds. The molecule has 2 heterocycles. The first-order valence-corrected chi connectivity index (χ1v) is 5.82. The molecule has 0 bridgehead atoms. The predicted octanol–water partition coefficient (Wildman–Crippen LogP) is 2.69. The minimum Gasteiger partial charge on any atom is -0.365 e. The van der Waals surface area contributed by atoms with Crippen LogP contribution in [0.1, 0.15) is 17.0 Å². The third kappa shape index (κ3) is 1.85. The molecular formula is C12H14Cl2FNO. The first-order valence-electron chi connectivity index (χ1n) is 5.45. The predicted molar refractivity (Wildman–Crippen MR) is 67.8 cm³/mol. The highest BCUT2D eigenvalue weighted by molar-refractivity contribution is 6.31. The van der Waals surface area contributed by atoms with Gasteiger partial charge in [-0.05, 0) is 17.2 Å². The van der Waals surface area contributed by atoms with Crippen molar-refractivity contribution >= 4 is 24.0 Å². The fourth-order valence-corrected chi connectivity index (χ4v) is 2.97. The van der Waals surface area contributed by atoms with Crippen LogP contribution < -0.4 is 5.32 Å². The van der Waals surface area contributed by atoms with Gasteiger partial charge in [0.05, 0.1) is 6.61 Å². The maximum absolute atomic E-state index is 13.2. The van der Waals surface area contributed by atoms with Crippen molar-refractivity contribution in [1.82, 2.24) is 5.32 Å². The first-order chi connectivity index (χ1) is 7.77. The van der Waals surface area contributed by atoms with E-state index in [0.717, 1.165) is 22.7 Å². The molecule has 1 aromatic carbocycles. The lowest BCUT2D eigenvalue weighted by Gasteiger charge is -2.38. The van der Waals surface area contributed by atoms with Gasteiger partial charge in [0, 0.05) is 24.0 Å². The number of hydrogen-bond donors (Lipinski definition) is 1. The molecule has 0 unspecified atom stereocenters. The Bertz CT molecular complexity index is 429. The molecule has 1 N–H and O–H groups in total. The van der Waals surface area contributed by atoms with Crippen LogP contribution >= 0.6 is 24.0 Å². The largest absolute Gasteiger partial charge is 0.365 e. The third-order valence-electron chi connectivity index (χ3n) is 3.67. The average Bonchev–Trinajstić information content (AvgIpc) is 2.74. The Balaban J connectivity index is 0.00000108.